The summed E-state index contributed by atoms with van der Waals surface area (Å²) >= 11 is 3.20. The van der Waals surface area contributed by atoms with Gasteiger partial charge in [-0.1, -0.05) is 33.1 Å². The number of rotatable bonds is 3. The minimum Gasteiger partial charge on any atom is -0.344 e. The van der Waals surface area contributed by atoms with E-state index in [0.717, 1.165) is 0 Å². The third-order valence-corrected chi connectivity index (χ3v) is 4.15. The smallest absolute Gasteiger partial charge is 0.255 e. The van der Waals surface area contributed by atoms with Gasteiger partial charge in [0.15, 0.2) is 5.65 Å². The maximum Gasteiger partial charge on any atom is 0.255 e. The average molecular weight is 435 g/mol. The van der Waals surface area contributed by atoms with Gasteiger partial charge in [0, 0.05) is 19.3 Å². The summed E-state index contributed by atoms with van der Waals surface area (Å²) in [6.45, 7) is 4.75. The van der Waals surface area contributed by atoms with Gasteiger partial charge in [-0.25, -0.2) is 9.97 Å². The van der Waals surface area contributed by atoms with Gasteiger partial charge in [0.1, 0.15) is 10.1 Å². The van der Waals surface area contributed by atoms with E-state index in [1.165, 1.54) is 31.7 Å². The molecule has 0 unspecified atom stereocenters. The molecule has 9 heteroatoms. The number of amides is 2. The summed E-state index contributed by atoms with van der Waals surface area (Å²) < 4.78 is 0.521. The van der Waals surface area contributed by atoms with Gasteiger partial charge >= 0.3 is 0 Å². The number of carbonyl (C=O) groups is 2. The van der Waals surface area contributed by atoms with E-state index >= 15 is 0 Å². The second-order valence-corrected chi connectivity index (χ2v) is 6.77. The number of nitriles is 1. The van der Waals surface area contributed by atoms with Gasteiger partial charge in [-0.05, 0) is 15.9 Å². The summed E-state index contributed by atoms with van der Waals surface area (Å²) in [7, 11) is 0. The number of nitrogens with one attached hydrogen (secondary N) is 2. The van der Waals surface area contributed by atoms with Gasteiger partial charge in [-0.3, -0.25) is 9.59 Å². The number of halogens is 1. The SMILES string of the molecule is C1CC1.CC.N#CC1CN(C(=O)CNC(=O)c2c[nH]c3ncc(Br)nc23)C1. The normalized spacial score (nSPS) is 14.7. The van der Waals surface area contributed by atoms with Crippen LogP contribution in [0.25, 0.3) is 11.2 Å². The number of H-pyrrole nitrogens is 1. The topological polar surface area (TPSA) is 115 Å². The summed E-state index contributed by atoms with van der Waals surface area (Å²) in [6, 6.07) is 2.09. The predicted molar refractivity (Wildman–Crippen MR) is 105 cm³/mol. The molecule has 0 atom stereocenters. The van der Waals surface area contributed by atoms with Crippen molar-refractivity contribution < 1.29 is 9.59 Å². The number of hydrogen-bond acceptors (Lipinski definition) is 5. The first-order chi connectivity index (χ1) is 13.1. The standard InChI is InChI=1S/C13H11BrN6O2.C3H6.C2H6/c14-9-3-17-12-11(19-9)8(2-16-12)13(22)18-4-10(21)20-5-7(1-15)6-20;1-2-3-1;1-2/h2-3,7H,4-6H2,(H,16,17)(H,18,22);1-3H2;1-2H3. The Morgan fingerprint density at radius 2 is 2.04 bits per heavy atom. The van der Waals surface area contributed by atoms with Crippen molar-refractivity contribution in [3.8, 4) is 6.07 Å². The molecule has 3 heterocycles. The van der Waals surface area contributed by atoms with Crippen molar-refractivity contribution in [1.29, 1.82) is 5.26 Å². The highest BCUT2D eigenvalue weighted by atomic mass is 79.9. The van der Waals surface area contributed by atoms with E-state index in [1.54, 1.807) is 4.90 Å². The maximum absolute atomic E-state index is 12.1. The molecule has 2 aliphatic rings. The maximum atomic E-state index is 12.1. The molecule has 0 aromatic carbocycles. The Kier molecular flexibility index (Phi) is 7.73. The molecule has 2 aromatic rings. The van der Waals surface area contributed by atoms with Crippen molar-refractivity contribution in [3.05, 3.63) is 22.6 Å². The number of nitrogens with zero attached hydrogens (tertiary/aromatic N) is 4. The molecule has 2 N–H and O–H groups in total. The zero-order chi connectivity index (χ0) is 19.8. The number of aromatic amines is 1. The molecule has 1 saturated heterocycles. The zero-order valence-corrected chi connectivity index (χ0v) is 17.0. The molecule has 2 fully saturated rings. The second-order valence-electron chi connectivity index (χ2n) is 5.96. The molecule has 2 amide bonds. The molecule has 0 spiro atoms. The molecule has 4 rings (SSSR count). The largest absolute Gasteiger partial charge is 0.344 e. The summed E-state index contributed by atoms with van der Waals surface area (Å²) in [5, 5.41) is 11.2. The first-order valence-corrected chi connectivity index (χ1v) is 9.83. The Bertz CT molecular complexity index is 833. The third-order valence-electron chi connectivity index (χ3n) is 3.77. The van der Waals surface area contributed by atoms with Crippen molar-refractivity contribution in [2.45, 2.75) is 33.1 Å². The summed E-state index contributed by atoms with van der Waals surface area (Å²) in [4.78, 5) is 36.7. The quantitative estimate of drug-likeness (QED) is 0.769. The minimum atomic E-state index is -0.399. The molecule has 0 bridgehead atoms. The zero-order valence-electron chi connectivity index (χ0n) is 15.5. The molecule has 1 aliphatic heterocycles. The molecule has 1 saturated carbocycles. The molecular formula is C18H23BrN6O2. The van der Waals surface area contributed by atoms with Crippen LogP contribution in [-0.2, 0) is 4.79 Å². The van der Waals surface area contributed by atoms with E-state index in [-0.39, 0.29) is 18.4 Å². The molecule has 2 aromatic heterocycles. The van der Waals surface area contributed by atoms with Crippen LogP contribution in [0.2, 0.25) is 0 Å². The van der Waals surface area contributed by atoms with E-state index < -0.39 is 5.91 Å². The van der Waals surface area contributed by atoms with Crippen molar-refractivity contribution in [3.63, 3.8) is 0 Å². The Balaban J connectivity index is 0.000000463. The first-order valence-electron chi connectivity index (χ1n) is 9.03. The van der Waals surface area contributed by atoms with Crippen LogP contribution in [0.4, 0.5) is 0 Å². The fourth-order valence-electron chi connectivity index (χ4n) is 2.17. The molecule has 0 radical (unpaired) electrons. The van der Waals surface area contributed by atoms with Crippen molar-refractivity contribution in [1.82, 2.24) is 25.2 Å². The van der Waals surface area contributed by atoms with E-state index in [9.17, 15) is 9.59 Å². The predicted octanol–water partition coefficient (Wildman–Crippen LogP) is 2.63. The van der Waals surface area contributed by atoms with E-state index in [4.69, 9.17) is 5.26 Å². The number of likely N-dealkylation sites (tertiary alicyclic amines) is 1. The van der Waals surface area contributed by atoms with Crippen LogP contribution < -0.4 is 5.32 Å². The van der Waals surface area contributed by atoms with Gasteiger partial charge in [-0.15, -0.1) is 0 Å². The summed E-state index contributed by atoms with van der Waals surface area (Å²) in [6.07, 6.45) is 7.53. The third kappa shape index (κ3) is 5.76. The van der Waals surface area contributed by atoms with Gasteiger partial charge in [-0.2, -0.15) is 5.26 Å². The van der Waals surface area contributed by atoms with Crippen LogP contribution >= 0.6 is 15.9 Å². The van der Waals surface area contributed by atoms with Gasteiger partial charge in [0.25, 0.3) is 5.91 Å². The van der Waals surface area contributed by atoms with Crippen molar-refractivity contribution >= 4 is 38.9 Å². The molecule has 144 valence electrons. The highest BCUT2D eigenvalue weighted by molar-refractivity contribution is 9.10. The monoisotopic (exact) mass is 434 g/mol. The molecule has 27 heavy (non-hydrogen) atoms. The lowest BCUT2D eigenvalue weighted by molar-refractivity contribution is -0.135. The Morgan fingerprint density at radius 1 is 1.37 bits per heavy atom. The first kappa shape index (κ1) is 20.8. The van der Waals surface area contributed by atoms with E-state index in [1.807, 2.05) is 13.8 Å². The number of fused-ring (bicyclic) bond motifs is 1. The fraction of sp³-hybridized carbons (Fsp3) is 0.500. The molecule has 1 aliphatic carbocycles. The van der Waals surface area contributed by atoms with Crippen molar-refractivity contribution in [2.75, 3.05) is 19.6 Å². The van der Waals surface area contributed by atoms with Crippen molar-refractivity contribution in [2.24, 2.45) is 5.92 Å². The van der Waals surface area contributed by atoms with Crippen LogP contribution in [0.1, 0.15) is 43.5 Å². The Labute approximate surface area is 166 Å². The molecular weight excluding hydrogens is 412 g/mol. The average Bonchev–Trinajstić information content (AvgIpc) is 3.47. The van der Waals surface area contributed by atoms with E-state index in [0.29, 0.717) is 34.4 Å². The summed E-state index contributed by atoms with van der Waals surface area (Å²) in [5.41, 5.74) is 1.27. The lowest BCUT2D eigenvalue weighted by Crippen LogP contribution is -2.52. The fourth-order valence-corrected chi connectivity index (χ4v) is 2.45. The number of hydrogen-bond donors (Lipinski definition) is 2. The Morgan fingerprint density at radius 3 is 2.63 bits per heavy atom. The second kappa shape index (κ2) is 10.0. The van der Waals surface area contributed by atoms with Crippen LogP contribution in [0.15, 0.2) is 17.0 Å². The minimum absolute atomic E-state index is 0.0964. The van der Waals surface area contributed by atoms with Gasteiger partial charge in [0.05, 0.1) is 30.3 Å². The lowest BCUT2D eigenvalue weighted by Gasteiger charge is -2.35. The molecule has 8 nitrogen and oxygen atoms in total. The lowest BCUT2D eigenvalue weighted by atomic mass is 10.0. The van der Waals surface area contributed by atoms with Gasteiger partial charge in [0.2, 0.25) is 5.91 Å². The van der Waals surface area contributed by atoms with Crippen LogP contribution in [0.5, 0.6) is 0 Å². The highest BCUT2D eigenvalue weighted by Crippen LogP contribution is 2.17. The Hall–Kier alpha value is -2.47. The number of aromatic nitrogens is 3. The van der Waals surface area contributed by atoms with Gasteiger partial charge < -0.3 is 15.2 Å². The van der Waals surface area contributed by atoms with E-state index in [2.05, 4.69) is 42.3 Å². The van der Waals surface area contributed by atoms with Crippen LogP contribution in [0, 0.1) is 17.2 Å². The van der Waals surface area contributed by atoms with Crippen LogP contribution in [0.3, 0.4) is 0 Å². The van der Waals surface area contributed by atoms with Crippen LogP contribution in [-0.4, -0.2) is 51.3 Å². The summed E-state index contributed by atoms with van der Waals surface area (Å²) in [5.74, 6) is -0.697. The number of carbonyl (C=O) groups excluding carboxylic acids is 2. The highest BCUT2D eigenvalue weighted by Gasteiger charge is 2.30.